The van der Waals surface area contributed by atoms with Crippen molar-refractivity contribution in [1.82, 2.24) is 0 Å². The maximum atomic E-state index is 11.1. The van der Waals surface area contributed by atoms with E-state index in [2.05, 4.69) is 13.8 Å². The number of hydrogen-bond donors (Lipinski definition) is 1. The molecule has 2 nitrogen and oxygen atoms in total. The summed E-state index contributed by atoms with van der Waals surface area (Å²) in [5, 5.41) is 11.1. The summed E-state index contributed by atoms with van der Waals surface area (Å²) in [6, 6.07) is 8.11. The zero-order valence-electron chi connectivity index (χ0n) is 11.9. The molecule has 3 atom stereocenters. The van der Waals surface area contributed by atoms with E-state index in [0.29, 0.717) is 17.9 Å². The van der Waals surface area contributed by atoms with Gasteiger partial charge in [0.05, 0.1) is 11.7 Å². The predicted molar refractivity (Wildman–Crippen MR) is 76.2 cm³/mol. The molecule has 3 rings (SSSR count). The first-order valence-electron chi connectivity index (χ1n) is 7.57. The van der Waals surface area contributed by atoms with Crippen molar-refractivity contribution >= 4 is 0 Å². The van der Waals surface area contributed by atoms with Crippen molar-refractivity contribution in [3.05, 3.63) is 29.8 Å². The molecule has 3 unspecified atom stereocenters. The van der Waals surface area contributed by atoms with Crippen molar-refractivity contribution in [2.45, 2.75) is 57.7 Å². The molecule has 0 amide bonds. The first-order chi connectivity index (χ1) is 9.08. The van der Waals surface area contributed by atoms with Crippen LogP contribution in [0.2, 0.25) is 0 Å². The molecule has 104 valence electrons. The van der Waals surface area contributed by atoms with Gasteiger partial charge < -0.3 is 9.84 Å². The van der Waals surface area contributed by atoms with Gasteiger partial charge in [0.25, 0.3) is 0 Å². The SMILES string of the molecule is CC1CCC(C)C(O)(c2cccc(OC3CC3)c2)C1. The summed E-state index contributed by atoms with van der Waals surface area (Å²) >= 11 is 0. The standard InChI is InChI=1S/C17H24O2/c1-12-6-7-13(2)17(18,11-12)14-4-3-5-16(10-14)19-15-8-9-15/h3-5,10,12-13,15,18H,6-9,11H2,1-2H3. The number of benzene rings is 1. The van der Waals surface area contributed by atoms with E-state index in [-0.39, 0.29) is 0 Å². The van der Waals surface area contributed by atoms with Crippen LogP contribution in [-0.4, -0.2) is 11.2 Å². The highest BCUT2D eigenvalue weighted by atomic mass is 16.5. The van der Waals surface area contributed by atoms with Gasteiger partial charge in [-0.1, -0.05) is 32.4 Å². The van der Waals surface area contributed by atoms with Crippen LogP contribution in [0.15, 0.2) is 24.3 Å². The Morgan fingerprint density at radius 2 is 1.95 bits per heavy atom. The molecule has 0 spiro atoms. The molecule has 0 heterocycles. The van der Waals surface area contributed by atoms with Gasteiger partial charge in [-0.2, -0.15) is 0 Å². The summed E-state index contributed by atoms with van der Waals surface area (Å²) in [4.78, 5) is 0. The fraction of sp³-hybridized carbons (Fsp3) is 0.647. The van der Waals surface area contributed by atoms with Crippen LogP contribution in [0, 0.1) is 11.8 Å². The van der Waals surface area contributed by atoms with Crippen molar-refractivity contribution in [2.24, 2.45) is 11.8 Å². The van der Waals surface area contributed by atoms with E-state index < -0.39 is 5.60 Å². The van der Waals surface area contributed by atoms with Crippen LogP contribution in [0.25, 0.3) is 0 Å². The Bertz CT molecular complexity index is 452. The zero-order chi connectivity index (χ0) is 13.5. The summed E-state index contributed by atoms with van der Waals surface area (Å²) in [6.45, 7) is 4.40. The molecule has 1 aromatic carbocycles. The van der Waals surface area contributed by atoms with Gasteiger partial charge in [0.2, 0.25) is 0 Å². The molecule has 0 radical (unpaired) electrons. The van der Waals surface area contributed by atoms with Crippen LogP contribution in [0.4, 0.5) is 0 Å². The Balaban J connectivity index is 1.86. The Labute approximate surface area is 115 Å². The lowest BCUT2D eigenvalue weighted by molar-refractivity contribution is -0.0628. The van der Waals surface area contributed by atoms with Gasteiger partial charge in [-0.3, -0.25) is 0 Å². The van der Waals surface area contributed by atoms with Crippen molar-refractivity contribution in [1.29, 1.82) is 0 Å². The predicted octanol–water partition coefficient (Wildman–Crippen LogP) is 3.87. The number of aliphatic hydroxyl groups is 1. The molecule has 2 heteroatoms. The lowest BCUT2D eigenvalue weighted by atomic mass is 9.69. The average molecular weight is 260 g/mol. The molecule has 2 saturated carbocycles. The van der Waals surface area contributed by atoms with Gasteiger partial charge in [-0.15, -0.1) is 0 Å². The second-order valence-electron chi connectivity index (χ2n) is 6.56. The second kappa shape index (κ2) is 4.82. The third kappa shape index (κ3) is 2.64. The van der Waals surface area contributed by atoms with Gasteiger partial charge in [0.15, 0.2) is 0 Å². The maximum absolute atomic E-state index is 11.1. The molecular weight excluding hydrogens is 236 g/mol. The molecule has 0 bridgehead atoms. The lowest BCUT2D eigenvalue weighted by Crippen LogP contribution is -2.39. The van der Waals surface area contributed by atoms with E-state index in [1.807, 2.05) is 24.3 Å². The Morgan fingerprint density at radius 3 is 2.68 bits per heavy atom. The molecule has 2 aliphatic rings. The molecule has 2 fully saturated rings. The van der Waals surface area contributed by atoms with E-state index >= 15 is 0 Å². The van der Waals surface area contributed by atoms with Crippen LogP contribution >= 0.6 is 0 Å². The van der Waals surface area contributed by atoms with E-state index in [1.165, 1.54) is 19.3 Å². The maximum Gasteiger partial charge on any atom is 0.120 e. The average Bonchev–Trinajstić information content (AvgIpc) is 3.19. The third-order valence-corrected chi connectivity index (χ3v) is 4.73. The van der Waals surface area contributed by atoms with E-state index in [0.717, 1.165) is 24.2 Å². The van der Waals surface area contributed by atoms with Crippen LogP contribution < -0.4 is 4.74 Å². The third-order valence-electron chi connectivity index (χ3n) is 4.73. The van der Waals surface area contributed by atoms with Crippen LogP contribution in [0.3, 0.4) is 0 Å². The Morgan fingerprint density at radius 1 is 1.16 bits per heavy atom. The zero-order valence-corrected chi connectivity index (χ0v) is 11.9. The van der Waals surface area contributed by atoms with Gasteiger partial charge in [-0.05, 0) is 55.2 Å². The Hall–Kier alpha value is -1.02. The minimum atomic E-state index is -0.680. The number of ether oxygens (including phenoxy) is 1. The van der Waals surface area contributed by atoms with Crippen LogP contribution in [0.1, 0.15) is 51.5 Å². The minimum absolute atomic E-state index is 0.319. The fourth-order valence-electron chi connectivity index (χ4n) is 3.23. The summed E-state index contributed by atoms with van der Waals surface area (Å²) in [6.07, 6.45) is 5.94. The molecule has 0 saturated heterocycles. The molecule has 0 aromatic heterocycles. The van der Waals surface area contributed by atoms with Gasteiger partial charge in [0.1, 0.15) is 5.75 Å². The van der Waals surface area contributed by atoms with Crippen LogP contribution in [0.5, 0.6) is 5.75 Å². The largest absolute Gasteiger partial charge is 0.490 e. The highest BCUT2D eigenvalue weighted by Gasteiger charge is 2.40. The van der Waals surface area contributed by atoms with Crippen molar-refractivity contribution in [3.8, 4) is 5.75 Å². The molecule has 2 aliphatic carbocycles. The number of rotatable bonds is 3. The van der Waals surface area contributed by atoms with Crippen molar-refractivity contribution in [3.63, 3.8) is 0 Å². The highest BCUT2D eigenvalue weighted by Crippen LogP contribution is 2.44. The first kappa shape index (κ1) is 13.0. The van der Waals surface area contributed by atoms with Crippen molar-refractivity contribution in [2.75, 3.05) is 0 Å². The second-order valence-corrected chi connectivity index (χ2v) is 6.56. The lowest BCUT2D eigenvalue weighted by Gasteiger charge is -2.41. The van der Waals surface area contributed by atoms with Gasteiger partial charge >= 0.3 is 0 Å². The fourth-order valence-corrected chi connectivity index (χ4v) is 3.23. The van der Waals surface area contributed by atoms with Crippen LogP contribution in [-0.2, 0) is 5.60 Å². The topological polar surface area (TPSA) is 29.5 Å². The normalized spacial score (nSPS) is 35.1. The smallest absolute Gasteiger partial charge is 0.120 e. The first-order valence-corrected chi connectivity index (χ1v) is 7.57. The summed E-state index contributed by atoms with van der Waals surface area (Å²) in [5.41, 5.74) is 0.352. The highest BCUT2D eigenvalue weighted by molar-refractivity contribution is 5.33. The molecule has 0 aliphatic heterocycles. The van der Waals surface area contributed by atoms with Gasteiger partial charge in [0, 0.05) is 0 Å². The van der Waals surface area contributed by atoms with E-state index in [9.17, 15) is 5.11 Å². The van der Waals surface area contributed by atoms with E-state index in [4.69, 9.17) is 4.74 Å². The molecule has 1 aromatic rings. The number of hydrogen-bond acceptors (Lipinski definition) is 2. The minimum Gasteiger partial charge on any atom is -0.490 e. The van der Waals surface area contributed by atoms with E-state index in [1.54, 1.807) is 0 Å². The summed E-state index contributed by atoms with van der Waals surface area (Å²) in [5.74, 6) is 1.83. The molecule has 1 N–H and O–H groups in total. The van der Waals surface area contributed by atoms with Crippen molar-refractivity contribution < 1.29 is 9.84 Å². The quantitative estimate of drug-likeness (QED) is 0.894. The summed E-state index contributed by atoms with van der Waals surface area (Å²) < 4.78 is 5.85. The molecular formula is C17H24O2. The monoisotopic (exact) mass is 260 g/mol. The molecule has 19 heavy (non-hydrogen) atoms. The van der Waals surface area contributed by atoms with Gasteiger partial charge in [-0.25, -0.2) is 0 Å². The Kier molecular flexibility index (Phi) is 3.30. The summed E-state index contributed by atoms with van der Waals surface area (Å²) in [7, 11) is 0.